The third-order valence-electron chi connectivity index (χ3n) is 5.76. The van der Waals surface area contributed by atoms with E-state index in [9.17, 15) is 18.0 Å². The highest BCUT2D eigenvalue weighted by Gasteiger charge is 2.31. The molecule has 1 aromatic heterocycles. The van der Waals surface area contributed by atoms with Gasteiger partial charge in [-0.15, -0.1) is 13.2 Å². The topological polar surface area (TPSA) is 61.7 Å². The van der Waals surface area contributed by atoms with E-state index in [1.165, 1.54) is 12.1 Å². The summed E-state index contributed by atoms with van der Waals surface area (Å²) in [5, 5.41) is 2.80. The number of hydrogen-bond donors (Lipinski definition) is 1. The molecule has 0 saturated heterocycles. The second-order valence-electron chi connectivity index (χ2n) is 9.75. The zero-order valence-electron chi connectivity index (χ0n) is 22.6. The molecule has 0 atom stereocenters. The van der Waals surface area contributed by atoms with E-state index < -0.39 is 18.0 Å². The number of carbonyl (C=O) groups is 1. The maximum absolute atomic E-state index is 12.8. The molecule has 4 aromatic rings. The van der Waals surface area contributed by atoms with Crippen molar-refractivity contribution in [3.63, 3.8) is 0 Å². The Hall–Kier alpha value is -4.40. The molecule has 9 heteroatoms. The molecule has 1 heterocycles. The van der Waals surface area contributed by atoms with Crippen LogP contribution in [0.1, 0.15) is 55.2 Å². The number of alkyl halides is 3. The quantitative estimate of drug-likeness (QED) is 0.218. The van der Waals surface area contributed by atoms with Crippen LogP contribution in [0.5, 0.6) is 17.2 Å². The summed E-state index contributed by atoms with van der Waals surface area (Å²) in [6, 6.07) is 22.0. The summed E-state index contributed by atoms with van der Waals surface area (Å²) in [4.78, 5) is 12.8. The molecule has 0 saturated carbocycles. The molecular formula is C31H31F3N2O4. The van der Waals surface area contributed by atoms with Gasteiger partial charge in [-0.2, -0.15) is 0 Å². The van der Waals surface area contributed by atoms with Crippen molar-refractivity contribution in [2.45, 2.75) is 52.3 Å². The minimum absolute atomic E-state index is 0.0548. The molecule has 0 unspecified atom stereocenters. The monoisotopic (exact) mass is 552 g/mol. The summed E-state index contributed by atoms with van der Waals surface area (Å²) in [6.45, 7) is 7.88. The van der Waals surface area contributed by atoms with Gasteiger partial charge in [0.25, 0.3) is 5.91 Å². The van der Waals surface area contributed by atoms with E-state index >= 15 is 0 Å². The SMILES string of the molecule is CC(C)Oc1ccc(C(c2ccc(OC(C)C)cc2)n2ccc(NC(=O)c3ccc(OC(F)(F)F)cc3)c2)cc1. The lowest BCUT2D eigenvalue weighted by Gasteiger charge is -2.21. The lowest BCUT2D eigenvalue weighted by atomic mass is 9.98. The molecule has 1 amide bonds. The summed E-state index contributed by atoms with van der Waals surface area (Å²) in [5.41, 5.74) is 2.73. The Labute approximate surface area is 231 Å². The van der Waals surface area contributed by atoms with E-state index in [0.717, 1.165) is 34.8 Å². The van der Waals surface area contributed by atoms with Gasteiger partial charge in [0.2, 0.25) is 0 Å². The number of benzene rings is 3. The summed E-state index contributed by atoms with van der Waals surface area (Å²) in [7, 11) is 0. The summed E-state index contributed by atoms with van der Waals surface area (Å²) in [6.07, 6.45) is -1.02. The average molecular weight is 553 g/mol. The minimum atomic E-state index is -4.80. The molecule has 0 aliphatic rings. The van der Waals surface area contributed by atoms with Gasteiger partial charge in [0.1, 0.15) is 17.2 Å². The Morgan fingerprint density at radius 3 is 1.65 bits per heavy atom. The Morgan fingerprint density at radius 2 is 1.20 bits per heavy atom. The zero-order chi connectivity index (χ0) is 28.9. The van der Waals surface area contributed by atoms with Crippen LogP contribution >= 0.6 is 0 Å². The van der Waals surface area contributed by atoms with Gasteiger partial charge in [0, 0.05) is 18.0 Å². The standard InChI is InChI=1S/C31H31F3N2O4/c1-20(2)38-26-11-5-22(6-12-26)29(23-7-13-27(14-8-23)39-21(3)4)36-18-17-25(19-36)35-30(37)24-9-15-28(16-10-24)40-31(32,33)34/h5-21,29H,1-4H3,(H,35,37). The summed E-state index contributed by atoms with van der Waals surface area (Å²) < 4.78 is 54.7. The first-order valence-corrected chi connectivity index (χ1v) is 12.8. The van der Waals surface area contributed by atoms with Gasteiger partial charge in [-0.3, -0.25) is 4.79 Å². The van der Waals surface area contributed by atoms with E-state index in [1.807, 2.05) is 87.0 Å². The van der Waals surface area contributed by atoms with Gasteiger partial charge in [0.15, 0.2) is 0 Å². The number of anilines is 1. The largest absolute Gasteiger partial charge is 0.573 e. The maximum atomic E-state index is 12.8. The number of halogens is 3. The molecular weight excluding hydrogens is 521 g/mol. The number of nitrogens with zero attached hydrogens (tertiary/aromatic N) is 1. The van der Waals surface area contributed by atoms with Crippen molar-refractivity contribution in [3.05, 3.63) is 108 Å². The molecule has 0 fully saturated rings. The molecule has 0 bridgehead atoms. The highest BCUT2D eigenvalue weighted by Crippen LogP contribution is 2.31. The first-order valence-electron chi connectivity index (χ1n) is 12.8. The van der Waals surface area contributed by atoms with Crippen molar-refractivity contribution < 1.29 is 32.2 Å². The molecule has 0 spiro atoms. The van der Waals surface area contributed by atoms with Crippen LogP contribution in [0, 0.1) is 0 Å². The molecule has 3 aromatic carbocycles. The van der Waals surface area contributed by atoms with Crippen molar-refractivity contribution in [3.8, 4) is 17.2 Å². The van der Waals surface area contributed by atoms with Gasteiger partial charge in [-0.25, -0.2) is 0 Å². The highest BCUT2D eigenvalue weighted by molar-refractivity contribution is 6.04. The lowest BCUT2D eigenvalue weighted by molar-refractivity contribution is -0.274. The van der Waals surface area contributed by atoms with E-state index in [0.29, 0.717) is 5.69 Å². The van der Waals surface area contributed by atoms with Gasteiger partial charge in [0.05, 0.1) is 23.9 Å². The van der Waals surface area contributed by atoms with Gasteiger partial charge in [-0.1, -0.05) is 24.3 Å². The minimum Gasteiger partial charge on any atom is -0.491 e. The number of rotatable bonds is 10. The summed E-state index contributed by atoms with van der Waals surface area (Å²) in [5.74, 6) is 0.682. The molecule has 4 rings (SSSR count). The van der Waals surface area contributed by atoms with Gasteiger partial charge in [-0.05, 0) is 93.4 Å². The fourth-order valence-electron chi connectivity index (χ4n) is 4.20. The third kappa shape index (κ3) is 7.81. The van der Waals surface area contributed by atoms with E-state index in [-0.39, 0.29) is 23.8 Å². The van der Waals surface area contributed by atoms with Gasteiger partial charge >= 0.3 is 6.36 Å². The normalized spacial score (nSPS) is 11.7. The van der Waals surface area contributed by atoms with Crippen LogP contribution in [-0.2, 0) is 0 Å². The number of carbonyl (C=O) groups excluding carboxylic acids is 1. The van der Waals surface area contributed by atoms with Crippen LogP contribution in [0.3, 0.4) is 0 Å². The van der Waals surface area contributed by atoms with Crippen LogP contribution in [0.25, 0.3) is 0 Å². The Kier molecular flexibility index (Phi) is 8.72. The Morgan fingerprint density at radius 1 is 0.725 bits per heavy atom. The highest BCUT2D eigenvalue weighted by atomic mass is 19.4. The zero-order valence-corrected chi connectivity index (χ0v) is 22.6. The van der Waals surface area contributed by atoms with Crippen LogP contribution < -0.4 is 19.5 Å². The van der Waals surface area contributed by atoms with Crippen molar-refractivity contribution in [1.82, 2.24) is 4.57 Å². The van der Waals surface area contributed by atoms with Crippen LogP contribution in [0.4, 0.5) is 18.9 Å². The third-order valence-corrected chi connectivity index (χ3v) is 5.76. The molecule has 6 nitrogen and oxygen atoms in total. The Bertz CT molecular complexity index is 1340. The number of nitrogens with one attached hydrogen (secondary N) is 1. The molecule has 0 aliphatic heterocycles. The predicted molar refractivity (Wildman–Crippen MR) is 147 cm³/mol. The maximum Gasteiger partial charge on any atom is 0.573 e. The second kappa shape index (κ2) is 12.2. The Balaban J connectivity index is 1.57. The fourth-order valence-corrected chi connectivity index (χ4v) is 4.20. The summed E-state index contributed by atoms with van der Waals surface area (Å²) >= 11 is 0. The molecule has 1 N–H and O–H groups in total. The van der Waals surface area contributed by atoms with Crippen molar-refractivity contribution in [2.24, 2.45) is 0 Å². The molecule has 210 valence electrons. The van der Waals surface area contributed by atoms with Crippen molar-refractivity contribution in [2.75, 3.05) is 5.32 Å². The number of amides is 1. The van der Waals surface area contributed by atoms with Crippen LogP contribution in [0.2, 0.25) is 0 Å². The average Bonchev–Trinajstić information content (AvgIpc) is 3.33. The van der Waals surface area contributed by atoms with Gasteiger partial charge < -0.3 is 24.1 Å². The van der Waals surface area contributed by atoms with E-state index in [4.69, 9.17) is 9.47 Å². The second-order valence-corrected chi connectivity index (χ2v) is 9.75. The van der Waals surface area contributed by atoms with E-state index in [1.54, 1.807) is 12.3 Å². The first kappa shape index (κ1) is 28.6. The lowest BCUT2D eigenvalue weighted by Crippen LogP contribution is -2.17. The predicted octanol–water partition coefficient (Wildman–Crippen LogP) is 7.85. The van der Waals surface area contributed by atoms with Crippen LogP contribution in [0.15, 0.2) is 91.3 Å². The first-order chi connectivity index (χ1) is 19.0. The molecule has 0 aliphatic carbocycles. The molecule has 0 radical (unpaired) electrons. The molecule has 40 heavy (non-hydrogen) atoms. The number of aromatic nitrogens is 1. The number of hydrogen-bond acceptors (Lipinski definition) is 4. The van der Waals surface area contributed by atoms with E-state index in [2.05, 4.69) is 10.1 Å². The van der Waals surface area contributed by atoms with Crippen LogP contribution in [-0.4, -0.2) is 29.0 Å². The smallest absolute Gasteiger partial charge is 0.491 e. The fraction of sp³-hybridized carbons (Fsp3) is 0.258. The van der Waals surface area contributed by atoms with Crippen molar-refractivity contribution in [1.29, 1.82) is 0 Å². The number of ether oxygens (including phenoxy) is 3. The van der Waals surface area contributed by atoms with Crippen molar-refractivity contribution >= 4 is 11.6 Å².